The van der Waals surface area contributed by atoms with Crippen molar-refractivity contribution in [1.29, 1.82) is 0 Å². The number of rotatable bonds is 2. The van der Waals surface area contributed by atoms with Gasteiger partial charge in [0.05, 0.1) is 5.25 Å². The molecule has 0 N–H and O–H groups in total. The fourth-order valence-corrected chi connectivity index (χ4v) is 3.29. The van der Waals surface area contributed by atoms with Gasteiger partial charge in [-0.2, -0.15) is 11.8 Å². The second kappa shape index (κ2) is 5.00. The van der Waals surface area contributed by atoms with Crippen molar-refractivity contribution in [2.45, 2.75) is 31.4 Å². The lowest BCUT2D eigenvalue weighted by Crippen LogP contribution is -2.21. The van der Waals surface area contributed by atoms with Crippen molar-refractivity contribution >= 4 is 17.5 Å². The third-order valence-corrected chi connectivity index (χ3v) is 4.18. The summed E-state index contributed by atoms with van der Waals surface area (Å²) < 4.78 is 13.2. The lowest BCUT2D eigenvalue weighted by Gasteiger charge is -2.20. The molecule has 1 aromatic rings. The van der Waals surface area contributed by atoms with Crippen LogP contribution in [0.2, 0.25) is 0 Å². The molecule has 1 unspecified atom stereocenters. The topological polar surface area (TPSA) is 17.1 Å². The van der Waals surface area contributed by atoms with Crippen LogP contribution in [0.5, 0.6) is 0 Å². The summed E-state index contributed by atoms with van der Waals surface area (Å²) in [6.45, 7) is 1.81. The molecule has 1 saturated heterocycles. The molecule has 0 amide bonds. The first-order chi connectivity index (χ1) is 7.66. The highest BCUT2D eigenvalue weighted by Crippen LogP contribution is 2.28. The largest absolute Gasteiger partial charge is 0.293 e. The molecule has 0 bridgehead atoms. The van der Waals surface area contributed by atoms with Crippen LogP contribution < -0.4 is 0 Å². The SMILES string of the molecule is Cc1cc(F)cc(C(=O)C2CCCCS2)c1. The molecule has 1 aliphatic rings. The van der Waals surface area contributed by atoms with E-state index < -0.39 is 0 Å². The molecule has 0 aliphatic carbocycles. The van der Waals surface area contributed by atoms with Gasteiger partial charge in [0.1, 0.15) is 5.82 Å². The Morgan fingerprint density at radius 1 is 1.38 bits per heavy atom. The second-order valence-electron chi connectivity index (χ2n) is 4.24. The van der Waals surface area contributed by atoms with E-state index in [1.807, 2.05) is 6.92 Å². The zero-order valence-electron chi connectivity index (χ0n) is 9.33. The molecule has 2 rings (SSSR count). The van der Waals surface area contributed by atoms with Crippen LogP contribution in [0.25, 0.3) is 0 Å². The van der Waals surface area contributed by atoms with Crippen LogP contribution in [-0.4, -0.2) is 16.8 Å². The summed E-state index contributed by atoms with van der Waals surface area (Å²) in [6.07, 6.45) is 3.23. The van der Waals surface area contributed by atoms with Crippen LogP contribution in [-0.2, 0) is 0 Å². The van der Waals surface area contributed by atoms with Crippen molar-refractivity contribution in [2.75, 3.05) is 5.75 Å². The summed E-state index contributed by atoms with van der Waals surface area (Å²) in [7, 11) is 0. The molecule has 1 aromatic carbocycles. The Balaban J connectivity index is 2.19. The molecule has 0 saturated carbocycles. The molecular weight excluding hydrogens is 223 g/mol. The van der Waals surface area contributed by atoms with Gasteiger partial charge in [0.25, 0.3) is 0 Å². The van der Waals surface area contributed by atoms with Crippen LogP contribution in [0.3, 0.4) is 0 Å². The van der Waals surface area contributed by atoms with Crippen molar-refractivity contribution in [3.8, 4) is 0 Å². The van der Waals surface area contributed by atoms with E-state index in [9.17, 15) is 9.18 Å². The van der Waals surface area contributed by atoms with Gasteiger partial charge in [-0.3, -0.25) is 4.79 Å². The predicted octanol–water partition coefficient (Wildman–Crippen LogP) is 3.60. The van der Waals surface area contributed by atoms with Crippen molar-refractivity contribution < 1.29 is 9.18 Å². The summed E-state index contributed by atoms with van der Waals surface area (Å²) in [5.41, 5.74) is 1.33. The van der Waals surface area contributed by atoms with Crippen molar-refractivity contribution in [2.24, 2.45) is 0 Å². The number of thioether (sulfide) groups is 1. The fraction of sp³-hybridized carbons (Fsp3) is 0.462. The first-order valence-corrected chi connectivity index (χ1v) is 6.65. The first-order valence-electron chi connectivity index (χ1n) is 5.60. The molecule has 16 heavy (non-hydrogen) atoms. The fourth-order valence-electron chi connectivity index (χ4n) is 2.01. The predicted molar refractivity (Wildman–Crippen MR) is 65.6 cm³/mol. The Labute approximate surface area is 99.4 Å². The van der Waals surface area contributed by atoms with Gasteiger partial charge in [-0.05, 0) is 49.3 Å². The second-order valence-corrected chi connectivity index (χ2v) is 5.55. The van der Waals surface area contributed by atoms with Gasteiger partial charge in [0, 0.05) is 5.56 Å². The molecule has 3 heteroatoms. The molecule has 1 nitrogen and oxygen atoms in total. The Morgan fingerprint density at radius 2 is 2.19 bits per heavy atom. The van der Waals surface area contributed by atoms with Gasteiger partial charge in [-0.25, -0.2) is 4.39 Å². The minimum Gasteiger partial charge on any atom is -0.293 e. The van der Waals surface area contributed by atoms with Crippen LogP contribution in [0.4, 0.5) is 4.39 Å². The van der Waals surface area contributed by atoms with E-state index in [2.05, 4.69) is 0 Å². The zero-order chi connectivity index (χ0) is 11.5. The van der Waals surface area contributed by atoms with Gasteiger partial charge in [0.2, 0.25) is 0 Å². The number of benzene rings is 1. The molecule has 1 aliphatic heterocycles. The maximum Gasteiger partial charge on any atom is 0.175 e. The third-order valence-electron chi connectivity index (χ3n) is 2.80. The van der Waals surface area contributed by atoms with E-state index in [-0.39, 0.29) is 16.9 Å². The highest BCUT2D eigenvalue weighted by molar-refractivity contribution is 8.00. The molecule has 1 fully saturated rings. The molecule has 0 spiro atoms. The number of hydrogen-bond donors (Lipinski definition) is 0. The molecule has 1 heterocycles. The minimum absolute atomic E-state index is 0.0370. The zero-order valence-corrected chi connectivity index (χ0v) is 10.1. The lowest BCUT2D eigenvalue weighted by molar-refractivity contribution is 0.0984. The normalized spacial score (nSPS) is 20.8. The van der Waals surface area contributed by atoms with E-state index in [4.69, 9.17) is 0 Å². The third kappa shape index (κ3) is 2.64. The van der Waals surface area contributed by atoms with E-state index in [1.165, 1.54) is 18.6 Å². The molecular formula is C13H15FOS. The first kappa shape index (κ1) is 11.6. The molecule has 86 valence electrons. The van der Waals surface area contributed by atoms with Crippen LogP contribution in [0, 0.1) is 12.7 Å². The Morgan fingerprint density at radius 3 is 2.81 bits per heavy atom. The van der Waals surface area contributed by atoms with Crippen LogP contribution in [0.1, 0.15) is 35.2 Å². The summed E-state index contributed by atoms with van der Waals surface area (Å²) in [5.74, 6) is 0.821. The smallest absolute Gasteiger partial charge is 0.175 e. The van der Waals surface area contributed by atoms with Crippen LogP contribution in [0.15, 0.2) is 18.2 Å². The molecule has 0 aromatic heterocycles. The number of carbonyl (C=O) groups is 1. The summed E-state index contributed by atoms with van der Waals surface area (Å²) in [5, 5.41) is 0.0370. The van der Waals surface area contributed by atoms with Crippen molar-refractivity contribution in [3.63, 3.8) is 0 Å². The van der Waals surface area contributed by atoms with Gasteiger partial charge in [-0.15, -0.1) is 0 Å². The number of Topliss-reactive ketones (excluding diaryl/α,β-unsaturated/α-hetero) is 1. The summed E-state index contributed by atoms with van der Waals surface area (Å²) in [6, 6.07) is 4.58. The summed E-state index contributed by atoms with van der Waals surface area (Å²) >= 11 is 1.71. The minimum atomic E-state index is -0.316. The number of carbonyl (C=O) groups excluding carboxylic acids is 1. The maximum absolute atomic E-state index is 13.2. The Kier molecular flexibility index (Phi) is 3.64. The molecule has 0 radical (unpaired) electrons. The van der Waals surface area contributed by atoms with Crippen LogP contribution >= 0.6 is 11.8 Å². The van der Waals surface area contributed by atoms with Crippen molar-refractivity contribution in [3.05, 3.63) is 35.1 Å². The average Bonchev–Trinajstić information content (AvgIpc) is 2.28. The molecule has 1 atom stereocenters. The lowest BCUT2D eigenvalue weighted by atomic mass is 10.0. The van der Waals surface area contributed by atoms with Crippen molar-refractivity contribution in [1.82, 2.24) is 0 Å². The standard InChI is InChI=1S/C13H15FOS/c1-9-6-10(8-11(14)7-9)13(15)12-4-2-3-5-16-12/h6-8,12H,2-5H2,1H3. The Bertz CT molecular complexity index is 377. The van der Waals surface area contributed by atoms with E-state index in [0.29, 0.717) is 5.56 Å². The quantitative estimate of drug-likeness (QED) is 0.732. The van der Waals surface area contributed by atoms with Gasteiger partial charge in [-0.1, -0.05) is 6.42 Å². The van der Waals surface area contributed by atoms with E-state index in [0.717, 1.165) is 24.2 Å². The summed E-state index contributed by atoms with van der Waals surface area (Å²) in [4.78, 5) is 12.1. The maximum atomic E-state index is 13.2. The van der Waals surface area contributed by atoms with Gasteiger partial charge < -0.3 is 0 Å². The van der Waals surface area contributed by atoms with E-state index >= 15 is 0 Å². The monoisotopic (exact) mass is 238 g/mol. The number of hydrogen-bond acceptors (Lipinski definition) is 2. The number of ketones is 1. The average molecular weight is 238 g/mol. The Hall–Kier alpha value is -0.830. The van der Waals surface area contributed by atoms with Gasteiger partial charge >= 0.3 is 0 Å². The highest BCUT2D eigenvalue weighted by atomic mass is 32.2. The highest BCUT2D eigenvalue weighted by Gasteiger charge is 2.23. The van der Waals surface area contributed by atoms with E-state index in [1.54, 1.807) is 17.8 Å². The number of halogens is 1. The van der Waals surface area contributed by atoms with Gasteiger partial charge in [0.15, 0.2) is 5.78 Å². The number of aryl methyl sites for hydroxylation is 1.